The van der Waals surface area contributed by atoms with Gasteiger partial charge in [0.15, 0.2) is 12.4 Å². The predicted octanol–water partition coefficient (Wildman–Crippen LogP) is 9.39. The molecular weight excluding hydrogens is 388 g/mol. The molecule has 0 saturated carbocycles. The van der Waals surface area contributed by atoms with Crippen LogP contribution in [0.1, 0.15) is 122 Å². The highest BCUT2D eigenvalue weighted by Gasteiger charge is 2.35. The topological polar surface area (TPSA) is 24.7 Å². The molecule has 0 radical (unpaired) electrons. The molecule has 2 heteroatoms. The van der Waals surface area contributed by atoms with Crippen LogP contribution in [-0.4, -0.2) is 12.4 Å². The minimum Gasteiger partial charge on any atom is -0.0965 e. The highest BCUT2D eigenvalue weighted by atomic mass is 15.0. The molecule has 2 nitrogen and oxygen atoms in total. The highest BCUT2D eigenvalue weighted by Crippen LogP contribution is 2.37. The van der Waals surface area contributed by atoms with Crippen molar-refractivity contribution in [2.24, 2.45) is 21.8 Å². The summed E-state index contributed by atoms with van der Waals surface area (Å²) in [5.74, 6) is 1.15. The van der Waals surface area contributed by atoms with E-state index in [-0.39, 0.29) is 0 Å². The van der Waals surface area contributed by atoms with Gasteiger partial charge in [0.1, 0.15) is 0 Å². The van der Waals surface area contributed by atoms with Crippen molar-refractivity contribution in [3.63, 3.8) is 0 Å². The second kappa shape index (κ2) is 17.9. The molecule has 32 heavy (non-hydrogen) atoms. The van der Waals surface area contributed by atoms with Crippen molar-refractivity contribution in [2.75, 3.05) is 0 Å². The van der Waals surface area contributed by atoms with Crippen molar-refractivity contribution in [3.8, 4) is 0 Å². The second-order valence-corrected chi connectivity index (χ2v) is 9.79. The molecule has 0 fully saturated rings. The summed E-state index contributed by atoms with van der Waals surface area (Å²) in [4.78, 5) is 9.33. The van der Waals surface area contributed by atoms with Crippen LogP contribution < -0.4 is 0 Å². The van der Waals surface area contributed by atoms with E-state index < -0.39 is 0 Å². The Balaban J connectivity index is 1.83. The van der Waals surface area contributed by atoms with Gasteiger partial charge in [-0.15, -0.1) is 0 Å². The van der Waals surface area contributed by atoms with E-state index in [1.54, 1.807) is 0 Å². The number of nitrogens with zero attached hydrogens (tertiary/aromatic N) is 2. The van der Waals surface area contributed by atoms with Gasteiger partial charge in [-0.2, -0.15) is 0 Å². The van der Waals surface area contributed by atoms with Crippen molar-refractivity contribution in [1.82, 2.24) is 0 Å². The van der Waals surface area contributed by atoms with E-state index in [1.165, 1.54) is 108 Å². The van der Waals surface area contributed by atoms with Gasteiger partial charge in [-0.1, -0.05) is 144 Å². The zero-order valence-electron chi connectivity index (χ0n) is 21.1. The predicted molar refractivity (Wildman–Crippen MR) is 143 cm³/mol. The van der Waals surface area contributed by atoms with Gasteiger partial charge in [-0.3, -0.25) is 0 Å². The molecular formula is C30H49N2+. The summed E-state index contributed by atoms with van der Waals surface area (Å²) in [5.41, 5.74) is 1.47. The molecule has 0 saturated heterocycles. The molecule has 2 unspecified atom stereocenters. The lowest BCUT2D eigenvalue weighted by Crippen LogP contribution is -2.22. The molecule has 0 N–H and O–H groups in total. The summed E-state index contributed by atoms with van der Waals surface area (Å²) in [6.45, 7) is 4.59. The number of hydrogen-bond donors (Lipinski definition) is 0. The summed E-state index contributed by atoms with van der Waals surface area (Å²) in [6.07, 6.45) is 27.9. The lowest BCUT2D eigenvalue weighted by molar-refractivity contribution is 0.284. The summed E-state index contributed by atoms with van der Waals surface area (Å²) < 4.78 is 0. The van der Waals surface area contributed by atoms with Crippen LogP contribution in [-0.2, 0) is 6.42 Å². The molecule has 2 atom stereocenters. The molecule has 0 amide bonds. The fraction of sp³-hybridized carbons (Fsp3) is 0.700. The SMILES string of the molecule is CCCCCCCCCCCCC(Cc1ccccc1)C(CCCCCC)[C+]1N=CC=N1. The molecule has 1 aromatic rings. The van der Waals surface area contributed by atoms with Gasteiger partial charge in [0.2, 0.25) is 6.17 Å². The minimum absolute atomic E-state index is 0.501. The fourth-order valence-corrected chi connectivity index (χ4v) is 5.07. The summed E-state index contributed by atoms with van der Waals surface area (Å²) in [6, 6.07) is 11.1. The van der Waals surface area contributed by atoms with Gasteiger partial charge in [-0.05, 0) is 30.7 Å². The average Bonchev–Trinajstić information content (AvgIpc) is 3.35. The molecule has 0 aliphatic carbocycles. The van der Waals surface area contributed by atoms with Crippen LogP contribution in [0, 0.1) is 18.0 Å². The molecule has 0 spiro atoms. The average molecular weight is 438 g/mol. The molecule has 1 heterocycles. The highest BCUT2D eigenvalue weighted by molar-refractivity contribution is 6.18. The van der Waals surface area contributed by atoms with Crippen LogP contribution >= 0.6 is 0 Å². The van der Waals surface area contributed by atoms with E-state index in [4.69, 9.17) is 0 Å². The van der Waals surface area contributed by atoms with Crippen molar-refractivity contribution >= 4 is 12.4 Å². The van der Waals surface area contributed by atoms with Crippen molar-refractivity contribution < 1.29 is 0 Å². The lowest BCUT2D eigenvalue weighted by Gasteiger charge is -2.26. The van der Waals surface area contributed by atoms with Gasteiger partial charge < -0.3 is 0 Å². The largest absolute Gasteiger partial charge is 0.244 e. The first-order chi connectivity index (χ1) is 15.8. The number of aliphatic imine (C=N–C) groups is 2. The third kappa shape index (κ3) is 11.3. The Labute approximate surface area is 199 Å². The van der Waals surface area contributed by atoms with E-state index >= 15 is 0 Å². The van der Waals surface area contributed by atoms with Crippen LogP contribution in [0.3, 0.4) is 0 Å². The second-order valence-electron chi connectivity index (χ2n) is 9.79. The Morgan fingerprint density at radius 1 is 0.625 bits per heavy atom. The molecule has 1 aliphatic heterocycles. The first-order valence-electron chi connectivity index (χ1n) is 13.8. The monoisotopic (exact) mass is 437 g/mol. The maximum atomic E-state index is 4.67. The Bertz CT molecular complexity index is 595. The van der Waals surface area contributed by atoms with Crippen molar-refractivity contribution in [3.05, 3.63) is 42.1 Å². The third-order valence-electron chi connectivity index (χ3n) is 7.02. The van der Waals surface area contributed by atoms with Crippen LogP contribution in [0.4, 0.5) is 0 Å². The summed E-state index contributed by atoms with van der Waals surface area (Å²) >= 11 is 0. The van der Waals surface area contributed by atoms with Crippen LogP contribution in [0.15, 0.2) is 40.3 Å². The number of hydrogen-bond acceptors (Lipinski definition) is 2. The van der Waals surface area contributed by atoms with E-state index in [0.29, 0.717) is 11.8 Å². The normalized spacial score (nSPS) is 14.9. The molecule has 0 aromatic heterocycles. The van der Waals surface area contributed by atoms with Crippen LogP contribution in [0.25, 0.3) is 0 Å². The zero-order chi connectivity index (χ0) is 22.7. The molecule has 2 rings (SSSR count). The van der Waals surface area contributed by atoms with E-state index in [2.05, 4.69) is 54.2 Å². The van der Waals surface area contributed by atoms with Gasteiger partial charge in [0.25, 0.3) is 0 Å². The van der Waals surface area contributed by atoms with E-state index in [0.717, 1.165) is 12.6 Å². The maximum Gasteiger partial charge on any atom is 0.244 e. The van der Waals surface area contributed by atoms with E-state index in [9.17, 15) is 0 Å². The number of benzene rings is 1. The Kier molecular flexibility index (Phi) is 14.9. The van der Waals surface area contributed by atoms with Crippen LogP contribution in [0.5, 0.6) is 0 Å². The fourth-order valence-electron chi connectivity index (χ4n) is 5.07. The maximum absolute atomic E-state index is 4.67. The smallest absolute Gasteiger partial charge is 0.0965 e. The number of unbranched alkanes of at least 4 members (excludes halogenated alkanes) is 12. The summed E-state index contributed by atoms with van der Waals surface area (Å²) in [7, 11) is 0. The van der Waals surface area contributed by atoms with E-state index in [1.807, 2.05) is 12.4 Å². The van der Waals surface area contributed by atoms with Gasteiger partial charge >= 0.3 is 0 Å². The first-order valence-corrected chi connectivity index (χ1v) is 13.8. The summed E-state index contributed by atoms with van der Waals surface area (Å²) in [5, 5.41) is 0. The Morgan fingerprint density at radius 2 is 1.12 bits per heavy atom. The third-order valence-corrected chi connectivity index (χ3v) is 7.02. The van der Waals surface area contributed by atoms with Crippen molar-refractivity contribution in [1.29, 1.82) is 0 Å². The van der Waals surface area contributed by atoms with Gasteiger partial charge in [-0.25, -0.2) is 0 Å². The molecule has 178 valence electrons. The van der Waals surface area contributed by atoms with Crippen LogP contribution in [0.2, 0.25) is 0 Å². The number of rotatable bonds is 20. The van der Waals surface area contributed by atoms with Gasteiger partial charge in [0.05, 0.1) is 5.92 Å². The molecule has 1 aromatic carbocycles. The molecule has 1 aliphatic rings. The lowest BCUT2D eigenvalue weighted by atomic mass is 9.78. The van der Waals surface area contributed by atoms with Gasteiger partial charge in [0, 0.05) is 0 Å². The molecule has 0 bridgehead atoms. The van der Waals surface area contributed by atoms with Crippen molar-refractivity contribution in [2.45, 2.75) is 123 Å². The quantitative estimate of drug-likeness (QED) is 0.143. The standard InChI is InChI=1S/C30H49N2/c1-3-5-7-9-10-11-12-13-14-18-22-28(26-27-20-16-15-17-21-27)29(23-19-8-6-4-2)30-31-24-25-32-30/h15-17,20-21,24-25,28-29H,3-14,18-19,22-23,26H2,1-2H3/q+1. The zero-order valence-corrected chi connectivity index (χ0v) is 21.1. The first kappa shape index (κ1) is 26.7. The Morgan fingerprint density at radius 3 is 1.72 bits per heavy atom. The Hall–Kier alpha value is -1.57. The minimum atomic E-state index is 0.501.